The molecule has 16 nitrogen and oxygen atoms in total. The zero-order chi connectivity index (χ0) is 42.8. The highest BCUT2D eigenvalue weighted by Crippen LogP contribution is 2.88. The highest BCUT2D eigenvalue weighted by molar-refractivity contribution is 5.67. The number of fused-ring (bicyclic) bond motifs is 2. The Morgan fingerprint density at radius 2 is 1.47 bits per heavy atom. The van der Waals surface area contributed by atoms with E-state index in [4.69, 9.17) is 33.2 Å². The Balaban J connectivity index is 1.10. The molecule has 0 bridgehead atoms. The van der Waals surface area contributed by atoms with Crippen LogP contribution in [0.1, 0.15) is 113 Å². The molecular formula is C43H68O16. The number of esters is 2. The maximum Gasteiger partial charge on any atom is 0.303 e. The van der Waals surface area contributed by atoms with Crippen LogP contribution in [0.4, 0.5) is 0 Å². The van der Waals surface area contributed by atoms with Gasteiger partial charge in [-0.1, -0.05) is 13.8 Å². The molecule has 21 atom stereocenters. The average Bonchev–Trinajstić information content (AvgIpc) is 3.52. The topological polar surface area (TPSA) is 240 Å². The molecule has 3 aliphatic heterocycles. The number of ether oxygens (including phenoxy) is 7. The van der Waals surface area contributed by atoms with Gasteiger partial charge in [-0.3, -0.25) is 9.59 Å². The third-order valence-electron chi connectivity index (χ3n) is 17.3. The van der Waals surface area contributed by atoms with Crippen LogP contribution in [0, 0.1) is 39.4 Å². The molecule has 2 spiro atoms. The van der Waals surface area contributed by atoms with E-state index in [1.165, 1.54) is 13.8 Å². The second-order valence-electron chi connectivity index (χ2n) is 20.9. The Morgan fingerprint density at radius 1 is 0.780 bits per heavy atom. The van der Waals surface area contributed by atoms with Crippen molar-refractivity contribution in [2.45, 2.75) is 204 Å². The number of hydrogen-bond donors (Lipinski definition) is 7. The molecule has 3 saturated heterocycles. The van der Waals surface area contributed by atoms with Crippen molar-refractivity contribution in [3.8, 4) is 0 Å². The fourth-order valence-electron chi connectivity index (χ4n) is 14.6. The standard InChI is InChI=1S/C43H68O16/c1-20(45)54-33-25(48)18-53-37(34(33)55-21(2)46)56-22-8-11-42-19-43(42)13-12-39(5)35(41(7)10-9-29(59-41)38(3,4)52)24(47)16-40(39,6)28(43)15-26(23(42)14-22)57-36-32(51)31(50)30(49)27(17-44)58-36/h22-37,44,47-52H,8-19H2,1-7H3/t22?,23?,24?,25?,26?,27?,28?,29?,30?,31?,32?,33?,34?,35?,36?,37?,39-,40+,41-,42-,43-/m1/s1. The summed E-state index contributed by atoms with van der Waals surface area (Å²) in [5, 5.41) is 76.5. The van der Waals surface area contributed by atoms with Crippen molar-refractivity contribution < 1.29 is 78.5 Å². The minimum Gasteiger partial charge on any atom is -0.455 e. The molecule has 0 aromatic carbocycles. The summed E-state index contributed by atoms with van der Waals surface area (Å²) in [6.45, 7) is 11.9. The number of rotatable bonds is 9. The lowest BCUT2D eigenvalue weighted by molar-refractivity contribution is -0.328. The van der Waals surface area contributed by atoms with E-state index in [0.717, 1.165) is 32.1 Å². The van der Waals surface area contributed by atoms with Gasteiger partial charge in [0.2, 0.25) is 0 Å². The predicted molar refractivity (Wildman–Crippen MR) is 204 cm³/mol. The quantitative estimate of drug-likeness (QED) is 0.128. The van der Waals surface area contributed by atoms with Gasteiger partial charge < -0.3 is 68.9 Å². The van der Waals surface area contributed by atoms with E-state index >= 15 is 0 Å². The summed E-state index contributed by atoms with van der Waals surface area (Å²) in [6, 6.07) is 0. The lowest BCUT2D eigenvalue weighted by Crippen LogP contribution is -2.63. The molecule has 0 aromatic heterocycles. The molecule has 16 unspecified atom stereocenters. The lowest BCUT2D eigenvalue weighted by atomic mass is 9.42. The van der Waals surface area contributed by atoms with Gasteiger partial charge in [-0.2, -0.15) is 0 Å². The van der Waals surface area contributed by atoms with Gasteiger partial charge in [0.25, 0.3) is 0 Å². The van der Waals surface area contributed by atoms with E-state index in [1.807, 2.05) is 0 Å². The third-order valence-corrected chi connectivity index (χ3v) is 17.3. The van der Waals surface area contributed by atoms with Crippen LogP contribution in [-0.2, 0) is 42.7 Å². The van der Waals surface area contributed by atoms with Gasteiger partial charge in [0.1, 0.15) is 30.5 Å². The van der Waals surface area contributed by atoms with Gasteiger partial charge in [0.05, 0.1) is 48.8 Å². The van der Waals surface area contributed by atoms with Gasteiger partial charge in [0, 0.05) is 19.8 Å². The molecule has 8 fully saturated rings. The molecule has 7 N–H and O–H groups in total. The Morgan fingerprint density at radius 3 is 2.12 bits per heavy atom. The number of hydrogen-bond acceptors (Lipinski definition) is 16. The molecule has 3 heterocycles. The van der Waals surface area contributed by atoms with Crippen molar-refractivity contribution in [2.24, 2.45) is 39.4 Å². The van der Waals surface area contributed by atoms with E-state index in [0.29, 0.717) is 32.1 Å². The van der Waals surface area contributed by atoms with Crippen molar-refractivity contribution in [2.75, 3.05) is 13.2 Å². The molecule has 0 amide bonds. The van der Waals surface area contributed by atoms with E-state index < -0.39 is 103 Å². The van der Waals surface area contributed by atoms with Crippen LogP contribution in [0.3, 0.4) is 0 Å². The number of carbonyl (C=O) groups is 2. The van der Waals surface area contributed by atoms with Gasteiger partial charge >= 0.3 is 11.9 Å². The normalized spacial score (nSPS) is 54.3. The first-order valence-electron chi connectivity index (χ1n) is 21.9. The molecule has 5 saturated carbocycles. The van der Waals surface area contributed by atoms with Gasteiger partial charge in [-0.15, -0.1) is 0 Å². The lowest BCUT2D eigenvalue weighted by Gasteiger charge is -2.63. The predicted octanol–water partition coefficient (Wildman–Crippen LogP) is 1.23. The molecule has 336 valence electrons. The number of aliphatic hydroxyl groups excluding tert-OH is 6. The molecule has 5 aliphatic carbocycles. The molecule has 8 aliphatic rings. The van der Waals surface area contributed by atoms with Crippen LogP contribution >= 0.6 is 0 Å². The van der Waals surface area contributed by atoms with Crippen LogP contribution in [0.25, 0.3) is 0 Å². The van der Waals surface area contributed by atoms with Crippen LogP contribution < -0.4 is 0 Å². The zero-order valence-electron chi connectivity index (χ0n) is 35.5. The second-order valence-corrected chi connectivity index (χ2v) is 20.9. The Hall–Kier alpha value is -1.54. The Labute approximate surface area is 346 Å². The maximum absolute atomic E-state index is 12.2. The van der Waals surface area contributed by atoms with Crippen molar-refractivity contribution in [3.05, 3.63) is 0 Å². The SMILES string of the molecule is CC(=O)OC1C(O)COC(OC2CC[C@]34C[C@@]35CC[C@]3(C)C([C@@]6(C)CCC(C(C)(C)O)O6)C(O)C[C@@]3(C)C5CC(OC3OC(CO)C(O)C(O)C3O)C4C2)C1OC(C)=O. The first kappa shape index (κ1) is 44.1. The minimum atomic E-state index is -1.62. The highest BCUT2D eigenvalue weighted by atomic mass is 16.7. The number of aliphatic hydroxyl groups is 7. The van der Waals surface area contributed by atoms with E-state index in [-0.39, 0.29) is 52.1 Å². The van der Waals surface area contributed by atoms with Gasteiger partial charge in [-0.05, 0) is 118 Å². The highest BCUT2D eigenvalue weighted by Gasteiger charge is 2.83. The monoisotopic (exact) mass is 840 g/mol. The zero-order valence-corrected chi connectivity index (χ0v) is 35.5. The summed E-state index contributed by atoms with van der Waals surface area (Å²) in [5.41, 5.74) is -2.61. The summed E-state index contributed by atoms with van der Waals surface area (Å²) in [7, 11) is 0. The van der Waals surface area contributed by atoms with Crippen LogP contribution in [-0.4, -0.2) is 152 Å². The fourth-order valence-corrected chi connectivity index (χ4v) is 14.6. The van der Waals surface area contributed by atoms with Crippen LogP contribution in [0.2, 0.25) is 0 Å². The molecular weight excluding hydrogens is 772 g/mol. The molecule has 8 rings (SSSR count). The Kier molecular flexibility index (Phi) is 11.2. The van der Waals surface area contributed by atoms with E-state index in [2.05, 4.69) is 20.8 Å². The largest absolute Gasteiger partial charge is 0.455 e. The summed E-state index contributed by atoms with van der Waals surface area (Å²) in [6.07, 6.45) is -6.80. The molecule has 0 aromatic rings. The fraction of sp³-hybridized carbons (Fsp3) is 0.953. The number of carbonyl (C=O) groups excluding carboxylic acids is 2. The van der Waals surface area contributed by atoms with Crippen LogP contribution in [0.5, 0.6) is 0 Å². The van der Waals surface area contributed by atoms with Gasteiger partial charge in [0.15, 0.2) is 24.8 Å². The summed E-state index contributed by atoms with van der Waals surface area (Å²) >= 11 is 0. The smallest absolute Gasteiger partial charge is 0.303 e. The maximum atomic E-state index is 12.2. The second kappa shape index (κ2) is 15.0. The Bertz CT molecular complexity index is 1600. The first-order valence-corrected chi connectivity index (χ1v) is 21.9. The van der Waals surface area contributed by atoms with E-state index in [1.54, 1.807) is 13.8 Å². The minimum absolute atomic E-state index is 0.0695. The van der Waals surface area contributed by atoms with Crippen molar-refractivity contribution in [3.63, 3.8) is 0 Å². The van der Waals surface area contributed by atoms with E-state index in [9.17, 15) is 45.3 Å². The summed E-state index contributed by atoms with van der Waals surface area (Å²) in [5.74, 6) is -1.53. The molecule has 0 radical (unpaired) electrons. The molecule has 59 heavy (non-hydrogen) atoms. The first-order chi connectivity index (χ1) is 27.5. The summed E-state index contributed by atoms with van der Waals surface area (Å²) < 4.78 is 43.0. The average molecular weight is 841 g/mol. The van der Waals surface area contributed by atoms with Gasteiger partial charge in [-0.25, -0.2) is 0 Å². The third kappa shape index (κ3) is 6.84. The van der Waals surface area contributed by atoms with Crippen molar-refractivity contribution >= 4 is 11.9 Å². The van der Waals surface area contributed by atoms with Crippen molar-refractivity contribution in [1.82, 2.24) is 0 Å². The van der Waals surface area contributed by atoms with Crippen LogP contribution in [0.15, 0.2) is 0 Å². The molecule has 16 heteroatoms. The summed E-state index contributed by atoms with van der Waals surface area (Å²) in [4.78, 5) is 24.2. The van der Waals surface area contributed by atoms with Crippen molar-refractivity contribution in [1.29, 1.82) is 0 Å².